The van der Waals surface area contributed by atoms with Crippen molar-refractivity contribution in [3.05, 3.63) is 17.8 Å². The summed E-state index contributed by atoms with van der Waals surface area (Å²) >= 11 is 0. The fourth-order valence-corrected chi connectivity index (χ4v) is 1.89. The highest BCUT2D eigenvalue weighted by atomic mass is 19.4. The van der Waals surface area contributed by atoms with Crippen LogP contribution in [0.1, 0.15) is 31.7 Å². The van der Waals surface area contributed by atoms with Gasteiger partial charge < -0.3 is 5.11 Å². The number of fused-ring (bicyclic) bond motifs is 1. The zero-order valence-corrected chi connectivity index (χ0v) is 10.4. The predicted octanol–water partition coefficient (Wildman–Crippen LogP) is 3.35. The molecule has 0 saturated carbocycles. The maximum atomic E-state index is 12.6. The number of nitrogens with zero attached hydrogens (tertiary/aromatic N) is 3. The second-order valence-corrected chi connectivity index (χ2v) is 4.34. The molecule has 0 aromatic carbocycles. The van der Waals surface area contributed by atoms with E-state index in [9.17, 15) is 18.3 Å². The van der Waals surface area contributed by atoms with Gasteiger partial charge in [0.1, 0.15) is 0 Å². The molecule has 0 spiro atoms. The molecule has 0 amide bonds. The fraction of sp³-hybridized carbons (Fsp3) is 0.500. The number of pyridine rings is 1. The van der Waals surface area contributed by atoms with Crippen molar-refractivity contribution in [1.29, 1.82) is 0 Å². The van der Waals surface area contributed by atoms with Crippen LogP contribution in [0.5, 0.6) is 6.01 Å². The molecule has 104 valence electrons. The van der Waals surface area contributed by atoms with E-state index < -0.39 is 11.7 Å². The van der Waals surface area contributed by atoms with Gasteiger partial charge in [0.05, 0.1) is 11.1 Å². The van der Waals surface area contributed by atoms with Crippen LogP contribution in [0, 0.1) is 0 Å². The molecule has 0 unspecified atom stereocenters. The molecule has 4 nitrogen and oxygen atoms in total. The van der Waals surface area contributed by atoms with E-state index in [1.54, 1.807) is 0 Å². The molecule has 2 aromatic heterocycles. The minimum Gasteiger partial charge on any atom is -0.480 e. The van der Waals surface area contributed by atoms with Gasteiger partial charge in [-0.25, -0.2) is 4.98 Å². The lowest BCUT2D eigenvalue weighted by Crippen LogP contribution is -2.06. The number of aromatic nitrogens is 3. The minimum atomic E-state index is -4.45. The summed E-state index contributed by atoms with van der Waals surface area (Å²) in [7, 11) is 0. The van der Waals surface area contributed by atoms with Crippen molar-refractivity contribution < 1.29 is 18.3 Å². The lowest BCUT2D eigenvalue weighted by atomic mass is 10.2. The Kier molecular flexibility index (Phi) is 3.64. The van der Waals surface area contributed by atoms with E-state index in [1.807, 2.05) is 6.92 Å². The maximum Gasteiger partial charge on any atom is 0.417 e. The Morgan fingerprint density at radius 3 is 2.68 bits per heavy atom. The highest BCUT2D eigenvalue weighted by Crippen LogP contribution is 2.31. The molecule has 2 aromatic rings. The first-order valence-corrected chi connectivity index (χ1v) is 6.06. The van der Waals surface area contributed by atoms with Crippen LogP contribution in [-0.2, 0) is 12.7 Å². The molecule has 0 radical (unpaired) electrons. The summed E-state index contributed by atoms with van der Waals surface area (Å²) in [6.07, 6.45) is -1.03. The van der Waals surface area contributed by atoms with Crippen LogP contribution >= 0.6 is 0 Å². The molecule has 2 heterocycles. The second kappa shape index (κ2) is 5.07. The summed E-state index contributed by atoms with van der Waals surface area (Å²) in [5.74, 6) is 0. The molecule has 0 saturated heterocycles. The van der Waals surface area contributed by atoms with Gasteiger partial charge in [0.15, 0.2) is 5.65 Å². The van der Waals surface area contributed by atoms with Crippen LogP contribution in [-0.4, -0.2) is 19.6 Å². The lowest BCUT2D eigenvalue weighted by molar-refractivity contribution is -0.137. The van der Waals surface area contributed by atoms with Crippen LogP contribution in [0.3, 0.4) is 0 Å². The Labute approximate surface area is 107 Å². The highest BCUT2D eigenvalue weighted by molar-refractivity contribution is 5.73. The SMILES string of the molecule is CCCCCn1c(O)nc2ncc(C(F)(F)F)cc21. The van der Waals surface area contributed by atoms with Gasteiger partial charge >= 0.3 is 6.18 Å². The van der Waals surface area contributed by atoms with Crippen molar-refractivity contribution >= 4 is 11.2 Å². The zero-order chi connectivity index (χ0) is 14.0. The van der Waals surface area contributed by atoms with Gasteiger partial charge in [0.25, 0.3) is 6.01 Å². The summed E-state index contributed by atoms with van der Waals surface area (Å²) in [5.41, 5.74) is -0.498. The van der Waals surface area contributed by atoms with Crippen molar-refractivity contribution in [1.82, 2.24) is 14.5 Å². The molecule has 0 bridgehead atoms. The number of halogens is 3. The van der Waals surface area contributed by atoms with E-state index >= 15 is 0 Å². The van der Waals surface area contributed by atoms with Gasteiger partial charge in [-0.2, -0.15) is 18.2 Å². The quantitative estimate of drug-likeness (QED) is 0.869. The summed E-state index contributed by atoms with van der Waals surface area (Å²) < 4.78 is 39.3. The van der Waals surface area contributed by atoms with Gasteiger partial charge in [-0.1, -0.05) is 19.8 Å². The normalized spacial score (nSPS) is 12.2. The van der Waals surface area contributed by atoms with Crippen LogP contribution in [0.2, 0.25) is 0 Å². The third-order valence-electron chi connectivity index (χ3n) is 2.90. The second-order valence-electron chi connectivity index (χ2n) is 4.34. The molecule has 0 aliphatic carbocycles. The monoisotopic (exact) mass is 273 g/mol. The number of rotatable bonds is 4. The fourth-order valence-electron chi connectivity index (χ4n) is 1.89. The highest BCUT2D eigenvalue weighted by Gasteiger charge is 2.31. The maximum absolute atomic E-state index is 12.6. The minimum absolute atomic E-state index is 0.127. The molecule has 19 heavy (non-hydrogen) atoms. The first-order chi connectivity index (χ1) is 8.93. The van der Waals surface area contributed by atoms with E-state index in [1.165, 1.54) is 4.57 Å². The van der Waals surface area contributed by atoms with Crippen LogP contribution < -0.4 is 0 Å². The summed E-state index contributed by atoms with van der Waals surface area (Å²) in [6, 6.07) is 0.680. The molecular weight excluding hydrogens is 259 g/mol. The Hall–Kier alpha value is -1.79. The van der Waals surface area contributed by atoms with Gasteiger partial charge in [0, 0.05) is 12.7 Å². The lowest BCUT2D eigenvalue weighted by Gasteiger charge is -2.07. The molecular formula is C12H14F3N3O. The van der Waals surface area contributed by atoms with E-state index in [0.29, 0.717) is 6.54 Å². The van der Waals surface area contributed by atoms with Crippen LogP contribution in [0.4, 0.5) is 13.2 Å². The van der Waals surface area contributed by atoms with Gasteiger partial charge in [-0.15, -0.1) is 0 Å². The largest absolute Gasteiger partial charge is 0.480 e. The number of aryl methyl sites for hydroxylation is 1. The Morgan fingerprint density at radius 1 is 1.32 bits per heavy atom. The summed E-state index contributed by atoms with van der Waals surface area (Å²) in [5, 5.41) is 9.66. The number of hydrogen-bond acceptors (Lipinski definition) is 3. The van der Waals surface area contributed by atoms with E-state index in [-0.39, 0.29) is 17.2 Å². The summed E-state index contributed by atoms with van der Waals surface area (Å²) in [6.45, 7) is 2.45. The van der Waals surface area contributed by atoms with Crippen molar-refractivity contribution in [2.75, 3.05) is 0 Å². The smallest absolute Gasteiger partial charge is 0.417 e. The number of imidazole rings is 1. The molecule has 0 fully saturated rings. The Bertz CT molecular complexity index is 577. The van der Waals surface area contributed by atoms with E-state index in [4.69, 9.17) is 0 Å². The van der Waals surface area contributed by atoms with Gasteiger partial charge in [-0.3, -0.25) is 4.57 Å². The van der Waals surface area contributed by atoms with Crippen molar-refractivity contribution in [3.63, 3.8) is 0 Å². The van der Waals surface area contributed by atoms with E-state index in [2.05, 4.69) is 9.97 Å². The molecule has 0 aliphatic heterocycles. The van der Waals surface area contributed by atoms with Crippen molar-refractivity contribution in [3.8, 4) is 6.01 Å². The number of aromatic hydroxyl groups is 1. The van der Waals surface area contributed by atoms with Crippen LogP contribution in [0.25, 0.3) is 11.2 Å². The first kappa shape index (κ1) is 13.6. The van der Waals surface area contributed by atoms with Gasteiger partial charge in [-0.05, 0) is 12.5 Å². The number of unbranched alkanes of at least 4 members (excludes halogenated alkanes) is 2. The zero-order valence-electron chi connectivity index (χ0n) is 10.4. The Balaban J connectivity index is 2.41. The molecule has 0 aliphatic rings. The number of alkyl halides is 3. The average molecular weight is 273 g/mol. The topological polar surface area (TPSA) is 50.9 Å². The number of hydrogen-bond donors (Lipinski definition) is 1. The molecule has 7 heteroatoms. The molecule has 0 atom stereocenters. The predicted molar refractivity (Wildman–Crippen MR) is 63.7 cm³/mol. The van der Waals surface area contributed by atoms with E-state index in [0.717, 1.165) is 31.5 Å². The van der Waals surface area contributed by atoms with Crippen molar-refractivity contribution in [2.24, 2.45) is 0 Å². The van der Waals surface area contributed by atoms with Crippen LogP contribution in [0.15, 0.2) is 12.3 Å². The standard InChI is InChI=1S/C12H14F3N3O/c1-2-3-4-5-18-9-6-8(12(13,14)15)7-16-10(9)17-11(18)19/h6-7H,2-5H2,1H3,(H,16,17,19). The third-order valence-corrected chi connectivity index (χ3v) is 2.90. The Morgan fingerprint density at radius 2 is 2.05 bits per heavy atom. The first-order valence-electron chi connectivity index (χ1n) is 6.06. The van der Waals surface area contributed by atoms with Crippen molar-refractivity contribution in [2.45, 2.75) is 38.9 Å². The average Bonchev–Trinajstić information content (AvgIpc) is 2.64. The molecule has 1 N–H and O–H groups in total. The third kappa shape index (κ3) is 2.80. The summed E-state index contributed by atoms with van der Waals surface area (Å²) in [4.78, 5) is 7.40. The van der Waals surface area contributed by atoms with Gasteiger partial charge in [0.2, 0.25) is 0 Å². The molecule has 2 rings (SSSR count).